The maximum Gasteiger partial charge on any atom is 0.294 e. The maximum atomic E-state index is 10.7. The molecule has 0 aliphatic carbocycles. The van der Waals surface area contributed by atoms with Crippen molar-refractivity contribution in [2.45, 2.75) is 6.92 Å². The van der Waals surface area contributed by atoms with E-state index in [1.807, 2.05) is 0 Å². The second-order valence-electron chi connectivity index (χ2n) is 2.06. The first kappa shape index (κ1) is 11.6. The lowest BCUT2D eigenvalue weighted by Crippen LogP contribution is -2.27. The van der Waals surface area contributed by atoms with Gasteiger partial charge in [0.15, 0.2) is 0 Å². The predicted octanol–water partition coefficient (Wildman–Crippen LogP) is -0.653. The number of ether oxygens (including phenoxy) is 1. The molecular formula is C6H12N2O5. The lowest BCUT2D eigenvalue weighted by Gasteiger charge is -2.02. The Balaban J connectivity index is 3.16. The van der Waals surface area contributed by atoms with Crippen LogP contribution in [0.25, 0.3) is 0 Å². The molecular weight excluding hydrogens is 180 g/mol. The minimum atomic E-state index is -0.907. The Labute approximate surface area is 75.1 Å². The highest BCUT2D eigenvalue weighted by Crippen LogP contribution is 1.79. The second-order valence-corrected chi connectivity index (χ2v) is 2.06. The van der Waals surface area contributed by atoms with Crippen LogP contribution in [0.1, 0.15) is 6.92 Å². The van der Waals surface area contributed by atoms with E-state index in [1.165, 1.54) is 0 Å². The van der Waals surface area contributed by atoms with Crippen molar-refractivity contribution in [2.24, 2.45) is 0 Å². The van der Waals surface area contributed by atoms with Crippen LogP contribution >= 0.6 is 0 Å². The summed E-state index contributed by atoms with van der Waals surface area (Å²) in [6.07, 6.45) is 0. The molecule has 0 spiro atoms. The standard InChI is InChI=1S/C6H12N2O5/c1-2-7-6(9)5-12-3-4-13-8(10)11/h2-5H2,1H3,(H,7,9). The van der Waals surface area contributed by atoms with Gasteiger partial charge in [0.25, 0.3) is 5.09 Å². The molecule has 1 amide bonds. The van der Waals surface area contributed by atoms with Gasteiger partial charge in [-0.3, -0.25) is 4.79 Å². The van der Waals surface area contributed by atoms with Crippen molar-refractivity contribution in [1.82, 2.24) is 5.32 Å². The van der Waals surface area contributed by atoms with Gasteiger partial charge in [-0.1, -0.05) is 0 Å². The molecule has 0 atom stereocenters. The summed E-state index contributed by atoms with van der Waals surface area (Å²) in [4.78, 5) is 24.3. The van der Waals surface area contributed by atoms with Crippen molar-refractivity contribution in [3.05, 3.63) is 10.1 Å². The molecule has 0 fully saturated rings. The van der Waals surface area contributed by atoms with Crippen molar-refractivity contribution in [3.8, 4) is 0 Å². The number of carbonyl (C=O) groups excluding carboxylic acids is 1. The average molecular weight is 192 g/mol. The summed E-state index contributed by atoms with van der Waals surface area (Å²) in [7, 11) is 0. The van der Waals surface area contributed by atoms with Crippen LogP contribution in [0.3, 0.4) is 0 Å². The first-order chi connectivity index (χ1) is 6.16. The van der Waals surface area contributed by atoms with Gasteiger partial charge in [0, 0.05) is 6.54 Å². The molecule has 0 unspecified atom stereocenters. The predicted molar refractivity (Wildman–Crippen MR) is 42.4 cm³/mol. The van der Waals surface area contributed by atoms with Gasteiger partial charge < -0.3 is 14.9 Å². The van der Waals surface area contributed by atoms with Crippen LogP contribution in [0.5, 0.6) is 0 Å². The van der Waals surface area contributed by atoms with Gasteiger partial charge in [-0.2, -0.15) is 0 Å². The first-order valence-corrected chi connectivity index (χ1v) is 3.78. The molecule has 0 aliphatic heterocycles. The molecule has 0 aromatic carbocycles. The van der Waals surface area contributed by atoms with E-state index in [0.29, 0.717) is 6.54 Å². The van der Waals surface area contributed by atoms with Crippen molar-refractivity contribution in [2.75, 3.05) is 26.4 Å². The smallest absolute Gasteiger partial charge is 0.294 e. The Morgan fingerprint density at radius 2 is 2.23 bits per heavy atom. The van der Waals surface area contributed by atoms with Crippen LogP contribution in [0.4, 0.5) is 0 Å². The highest BCUT2D eigenvalue weighted by Gasteiger charge is 1.99. The third kappa shape index (κ3) is 8.54. The van der Waals surface area contributed by atoms with Gasteiger partial charge in [-0.25, -0.2) is 0 Å². The van der Waals surface area contributed by atoms with Gasteiger partial charge in [-0.15, -0.1) is 10.1 Å². The highest BCUT2D eigenvalue weighted by molar-refractivity contribution is 5.77. The Morgan fingerprint density at radius 3 is 2.77 bits per heavy atom. The fraction of sp³-hybridized carbons (Fsp3) is 0.833. The molecule has 0 heterocycles. The minimum Gasteiger partial charge on any atom is -0.370 e. The van der Waals surface area contributed by atoms with Crippen molar-refractivity contribution >= 4 is 5.91 Å². The summed E-state index contributed by atoms with van der Waals surface area (Å²) < 4.78 is 4.76. The summed E-state index contributed by atoms with van der Waals surface area (Å²) in [5.74, 6) is -0.247. The Kier molecular flexibility index (Phi) is 6.52. The Bertz CT molecular complexity index is 172. The molecule has 0 radical (unpaired) electrons. The Morgan fingerprint density at radius 1 is 1.54 bits per heavy atom. The lowest BCUT2D eigenvalue weighted by molar-refractivity contribution is -0.758. The molecule has 7 nitrogen and oxygen atoms in total. The van der Waals surface area contributed by atoms with E-state index in [4.69, 9.17) is 4.74 Å². The van der Waals surface area contributed by atoms with Crippen LogP contribution in [0.2, 0.25) is 0 Å². The van der Waals surface area contributed by atoms with Gasteiger partial charge in [0.2, 0.25) is 5.91 Å². The zero-order valence-corrected chi connectivity index (χ0v) is 7.32. The number of amides is 1. The number of hydrogen-bond acceptors (Lipinski definition) is 5. The van der Waals surface area contributed by atoms with E-state index in [2.05, 4.69) is 10.2 Å². The van der Waals surface area contributed by atoms with Crippen LogP contribution in [0, 0.1) is 10.1 Å². The zero-order valence-electron chi connectivity index (χ0n) is 7.32. The molecule has 76 valence electrons. The van der Waals surface area contributed by atoms with Crippen LogP contribution < -0.4 is 5.32 Å². The van der Waals surface area contributed by atoms with Gasteiger partial charge >= 0.3 is 0 Å². The third-order valence-corrected chi connectivity index (χ3v) is 1.03. The largest absolute Gasteiger partial charge is 0.370 e. The minimum absolute atomic E-state index is 0.0259. The SMILES string of the molecule is CCNC(=O)COCCO[N+](=O)[O-]. The van der Waals surface area contributed by atoms with Gasteiger partial charge in [-0.05, 0) is 6.92 Å². The van der Waals surface area contributed by atoms with E-state index in [1.54, 1.807) is 6.92 Å². The topological polar surface area (TPSA) is 90.7 Å². The summed E-state index contributed by atoms with van der Waals surface area (Å²) in [6, 6.07) is 0. The summed E-state index contributed by atoms with van der Waals surface area (Å²) in [6.45, 7) is 2.08. The number of nitrogens with zero attached hydrogens (tertiary/aromatic N) is 1. The van der Waals surface area contributed by atoms with E-state index >= 15 is 0 Å². The van der Waals surface area contributed by atoms with Gasteiger partial charge in [0.1, 0.15) is 13.2 Å². The maximum absolute atomic E-state index is 10.7. The lowest BCUT2D eigenvalue weighted by atomic mass is 10.6. The summed E-state index contributed by atoms with van der Waals surface area (Å²) in [5.41, 5.74) is 0. The number of rotatable bonds is 7. The molecule has 0 aliphatic rings. The average Bonchev–Trinajstić information content (AvgIpc) is 2.03. The summed E-state index contributed by atoms with van der Waals surface area (Å²) in [5, 5.41) is 11.2. The van der Waals surface area contributed by atoms with Crippen molar-refractivity contribution in [3.63, 3.8) is 0 Å². The molecule has 0 bridgehead atoms. The molecule has 7 heteroatoms. The fourth-order valence-electron chi connectivity index (χ4n) is 0.584. The molecule has 1 N–H and O–H groups in total. The quantitative estimate of drug-likeness (QED) is 0.328. The fourth-order valence-corrected chi connectivity index (χ4v) is 0.584. The number of hydrogen-bond donors (Lipinski definition) is 1. The number of nitrogens with one attached hydrogen (secondary N) is 1. The van der Waals surface area contributed by atoms with Crippen LogP contribution in [-0.2, 0) is 14.4 Å². The molecule has 0 aromatic rings. The zero-order chi connectivity index (χ0) is 10.1. The van der Waals surface area contributed by atoms with E-state index in [0.717, 1.165) is 0 Å². The van der Waals surface area contributed by atoms with E-state index in [9.17, 15) is 14.9 Å². The monoisotopic (exact) mass is 192 g/mol. The number of likely N-dealkylation sites (N-methyl/N-ethyl adjacent to an activating group) is 1. The summed E-state index contributed by atoms with van der Waals surface area (Å²) >= 11 is 0. The molecule has 0 rings (SSSR count). The highest BCUT2D eigenvalue weighted by atomic mass is 17.0. The van der Waals surface area contributed by atoms with Crippen molar-refractivity contribution < 1.29 is 19.5 Å². The number of carbonyl (C=O) groups is 1. The second kappa shape index (κ2) is 7.29. The van der Waals surface area contributed by atoms with Crippen LogP contribution in [0.15, 0.2) is 0 Å². The molecule has 0 saturated carbocycles. The molecule has 0 aromatic heterocycles. The van der Waals surface area contributed by atoms with Crippen molar-refractivity contribution in [1.29, 1.82) is 0 Å². The third-order valence-electron chi connectivity index (χ3n) is 1.03. The van der Waals surface area contributed by atoms with Crippen LogP contribution in [-0.4, -0.2) is 37.4 Å². The van der Waals surface area contributed by atoms with E-state index < -0.39 is 5.09 Å². The van der Waals surface area contributed by atoms with Gasteiger partial charge in [0.05, 0.1) is 6.61 Å². The van der Waals surface area contributed by atoms with E-state index in [-0.39, 0.29) is 25.7 Å². The first-order valence-electron chi connectivity index (χ1n) is 3.78. The Hall–Kier alpha value is -1.37. The molecule has 13 heavy (non-hydrogen) atoms. The normalized spacial score (nSPS) is 9.31. The molecule has 0 saturated heterocycles.